The van der Waals surface area contributed by atoms with E-state index in [9.17, 15) is 4.79 Å². The lowest BCUT2D eigenvalue weighted by Gasteiger charge is -2.11. The van der Waals surface area contributed by atoms with Crippen LogP contribution in [0.2, 0.25) is 0 Å². The second-order valence-corrected chi connectivity index (χ2v) is 8.29. The van der Waals surface area contributed by atoms with E-state index >= 15 is 0 Å². The lowest BCUT2D eigenvalue weighted by Crippen LogP contribution is -2.17. The monoisotopic (exact) mass is 414 g/mol. The molecular weight excluding hydrogens is 388 g/mol. The average Bonchev–Trinajstić information content (AvgIpc) is 3.23. The maximum atomic E-state index is 13.3. The average molecular weight is 415 g/mol. The van der Waals surface area contributed by atoms with Crippen molar-refractivity contribution >= 4 is 22.9 Å². The number of hydrogen-bond donors (Lipinski definition) is 1. The van der Waals surface area contributed by atoms with Crippen LogP contribution in [0.25, 0.3) is 11.2 Å². The van der Waals surface area contributed by atoms with Crippen LogP contribution in [-0.2, 0) is 19.5 Å². The van der Waals surface area contributed by atoms with E-state index in [0.717, 1.165) is 48.5 Å². The Morgan fingerprint density at radius 3 is 2.87 bits per heavy atom. The highest BCUT2D eigenvalue weighted by Crippen LogP contribution is 2.25. The topological polar surface area (TPSA) is 77.6 Å². The third-order valence-corrected chi connectivity index (χ3v) is 5.81. The third kappa shape index (κ3) is 3.83. The smallest absolute Gasteiger partial charge is 0.259 e. The van der Waals surface area contributed by atoms with Crippen LogP contribution in [0.5, 0.6) is 0 Å². The number of nitrogens with zero attached hydrogens (tertiary/aromatic N) is 5. The van der Waals surface area contributed by atoms with E-state index in [-0.39, 0.29) is 5.91 Å². The van der Waals surface area contributed by atoms with Crippen LogP contribution in [0, 0.1) is 13.8 Å². The molecule has 3 aromatic heterocycles. The molecule has 31 heavy (non-hydrogen) atoms. The summed E-state index contributed by atoms with van der Waals surface area (Å²) in [6.45, 7) is 5.49. The molecule has 1 aliphatic rings. The van der Waals surface area contributed by atoms with Crippen molar-refractivity contribution in [2.75, 3.05) is 5.32 Å². The van der Waals surface area contributed by atoms with Gasteiger partial charge in [-0.3, -0.25) is 4.79 Å². The summed E-state index contributed by atoms with van der Waals surface area (Å²) >= 11 is 0. The van der Waals surface area contributed by atoms with E-state index in [1.165, 1.54) is 12.0 Å². The number of amides is 1. The van der Waals surface area contributed by atoms with E-state index in [0.29, 0.717) is 23.4 Å². The van der Waals surface area contributed by atoms with Crippen molar-refractivity contribution < 1.29 is 4.79 Å². The van der Waals surface area contributed by atoms with Crippen LogP contribution >= 0.6 is 0 Å². The summed E-state index contributed by atoms with van der Waals surface area (Å²) in [5.41, 5.74) is 5.22. The Hall–Kier alpha value is -3.48. The Labute approximate surface area is 181 Å². The minimum absolute atomic E-state index is 0.185. The molecule has 7 heteroatoms. The predicted octanol–water partition coefficient (Wildman–Crippen LogP) is 4.27. The molecule has 1 N–H and O–H groups in total. The fourth-order valence-electron chi connectivity index (χ4n) is 4.32. The second-order valence-electron chi connectivity index (χ2n) is 8.29. The fourth-order valence-corrected chi connectivity index (χ4v) is 4.32. The molecule has 0 spiro atoms. The van der Waals surface area contributed by atoms with Gasteiger partial charge >= 0.3 is 0 Å². The molecule has 0 radical (unpaired) electrons. The van der Waals surface area contributed by atoms with Crippen LogP contribution in [0.4, 0.5) is 5.82 Å². The highest BCUT2D eigenvalue weighted by Gasteiger charge is 2.21. The minimum Gasteiger partial charge on any atom is -0.313 e. The van der Waals surface area contributed by atoms with Gasteiger partial charge in [0.15, 0.2) is 5.65 Å². The van der Waals surface area contributed by atoms with Crippen LogP contribution in [0.1, 0.15) is 52.3 Å². The van der Waals surface area contributed by atoms with Crippen molar-refractivity contribution in [3.05, 3.63) is 70.8 Å². The van der Waals surface area contributed by atoms with Gasteiger partial charge in [-0.1, -0.05) is 36.2 Å². The van der Waals surface area contributed by atoms with E-state index in [2.05, 4.69) is 40.1 Å². The number of fused-ring (bicyclic) bond motifs is 3. The number of carbonyl (C=O) groups excluding carboxylic acids is 1. The van der Waals surface area contributed by atoms with Crippen molar-refractivity contribution in [2.45, 2.75) is 52.6 Å². The van der Waals surface area contributed by atoms with Crippen LogP contribution in [0.15, 0.2) is 42.6 Å². The van der Waals surface area contributed by atoms with Gasteiger partial charge in [0, 0.05) is 24.7 Å². The van der Waals surface area contributed by atoms with Crippen LogP contribution in [-0.4, -0.2) is 30.2 Å². The first-order valence-electron chi connectivity index (χ1n) is 10.8. The molecule has 0 fully saturated rings. The Morgan fingerprint density at radius 2 is 2.00 bits per heavy atom. The summed E-state index contributed by atoms with van der Waals surface area (Å²) in [4.78, 5) is 22.8. The molecule has 158 valence electrons. The van der Waals surface area contributed by atoms with Gasteiger partial charge in [-0.25, -0.2) is 14.6 Å². The summed E-state index contributed by atoms with van der Waals surface area (Å²) < 4.78 is 3.99. The first-order valence-corrected chi connectivity index (χ1v) is 10.8. The number of anilines is 1. The largest absolute Gasteiger partial charge is 0.313 e. The number of rotatable bonds is 4. The van der Waals surface area contributed by atoms with Crippen LogP contribution < -0.4 is 5.32 Å². The molecule has 7 nitrogen and oxygen atoms in total. The summed E-state index contributed by atoms with van der Waals surface area (Å²) in [5, 5.41) is 7.44. The summed E-state index contributed by atoms with van der Waals surface area (Å²) in [7, 11) is 0. The van der Waals surface area contributed by atoms with E-state index in [4.69, 9.17) is 9.97 Å². The van der Waals surface area contributed by atoms with Gasteiger partial charge in [-0.2, -0.15) is 5.10 Å². The van der Waals surface area contributed by atoms with E-state index in [1.54, 1.807) is 10.9 Å². The Kier molecular flexibility index (Phi) is 5.02. The summed E-state index contributed by atoms with van der Waals surface area (Å²) in [6.07, 6.45) is 6.09. The number of pyridine rings is 1. The fraction of sp³-hybridized carbons (Fsp3) is 0.333. The Balaban J connectivity index is 1.46. The molecule has 0 saturated heterocycles. The maximum absolute atomic E-state index is 13.3. The predicted molar refractivity (Wildman–Crippen MR) is 120 cm³/mol. The molecule has 0 unspecified atom stereocenters. The standard InChI is InChI=1S/C24H26N6O/c1-16-7-6-8-18(13-16)15-30-21(10-11-25-30)28-24(31)19-14-17(2)26-23-22(19)27-20-9-4-3-5-12-29(20)23/h6-8,10-11,13-14H,3-5,9,12,15H2,1-2H3,(H,28,31). The Morgan fingerprint density at radius 1 is 1.10 bits per heavy atom. The lowest BCUT2D eigenvalue weighted by atomic mass is 10.1. The highest BCUT2D eigenvalue weighted by atomic mass is 16.1. The zero-order chi connectivity index (χ0) is 21.4. The highest BCUT2D eigenvalue weighted by molar-refractivity contribution is 6.11. The normalized spacial score (nSPS) is 13.7. The number of carbonyl (C=O) groups is 1. The molecule has 4 heterocycles. The van der Waals surface area contributed by atoms with E-state index in [1.807, 2.05) is 25.1 Å². The van der Waals surface area contributed by atoms with Crippen molar-refractivity contribution in [3.63, 3.8) is 0 Å². The maximum Gasteiger partial charge on any atom is 0.259 e. The quantitative estimate of drug-likeness (QED) is 0.541. The molecule has 0 atom stereocenters. The molecule has 4 aromatic rings. The molecular formula is C24H26N6O. The third-order valence-electron chi connectivity index (χ3n) is 5.81. The number of hydrogen-bond acceptors (Lipinski definition) is 4. The molecule has 0 aliphatic carbocycles. The first-order chi connectivity index (χ1) is 15.1. The van der Waals surface area contributed by atoms with Crippen LogP contribution in [0.3, 0.4) is 0 Å². The second kappa shape index (κ2) is 7.98. The minimum atomic E-state index is -0.185. The van der Waals surface area contributed by atoms with Gasteiger partial charge in [-0.05, 0) is 38.3 Å². The number of imidazole rings is 1. The zero-order valence-electron chi connectivity index (χ0n) is 17.9. The number of benzene rings is 1. The molecule has 0 bridgehead atoms. The zero-order valence-corrected chi connectivity index (χ0v) is 17.9. The molecule has 5 rings (SSSR count). The number of aryl methyl sites for hydroxylation is 4. The lowest BCUT2D eigenvalue weighted by molar-refractivity contribution is 0.102. The van der Waals surface area contributed by atoms with Gasteiger partial charge in [0.1, 0.15) is 17.2 Å². The van der Waals surface area contributed by atoms with Gasteiger partial charge in [0.05, 0.1) is 18.3 Å². The molecule has 0 saturated carbocycles. The molecule has 1 aliphatic heterocycles. The number of aromatic nitrogens is 5. The molecule has 1 amide bonds. The Bertz CT molecular complexity index is 1270. The van der Waals surface area contributed by atoms with Gasteiger partial charge < -0.3 is 9.88 Å². The van der Waals surface area contributed by atoms with Crippen molar-refractivity contribution in [2.24, 2.45) is 0 Å². The van der Waals surface area contributed by atoms with Crippen molar-refractivity contribution in [1.82, 2.24) is 24.3 Å². The summed E-state index contributed by atoms with van der Waals surface area (Å²) in [6, 6.07) is 11.9. The van der Waals surface area contributed by atoms with E-state index < -0.39 is 0 Å². The van der Waals surface area contributed by atoms with Gasteiger partial charge in [0.25, 0.3) is 5.91 Å². The van der Waals surface area contributed by atoms with Crippen molar-refractivity contribution in [3.8, 4) is 0 Å². The van der Waals surface area contributed by atoms with Gasteiger partial charge in [0.2, 0.25) is 0 Å². The number of nitrogens with one attached hydrogen (secondary N) is 1. The SMILES string of the molecule is Cc1cccc(Cn2nccc2NC(=O)c2cc(C)nc3c2nc2n3CCCCC2)c1. The molecule has 1 aromatic carbocycles. The van der Waals surface area contributed by atoms with Gasteiger partial charge in [-0.15, -0.1) is 0 Å². The first kappa shape index (κ1) is 19.5. The summed E-state index contributed by atoms with van der Waals surface area (Å²) in [5.74, 6) is 1.51. The van der Waals surface area contributed by atoms with Crippen molar-refractivity contribution in [1.29, 1.82) is 0 Å².